The Labute approximate surface area is 167 Å². The molecule has 0 spiro atoms. The molecular weight excluding hydrogens is 366 g/mol. The summed E-state index contributed by atoms with van der Waals surface area (Å²) in [7, 11) is 0. The van der Waals surface area contributed by atoms with E-state index in [0.29, 0.717) is 28.0 Å². The quantitative estimate of drug-likeness (QED) is 0.537. The van der Waals surface area contributed by atoms with Gasteiger partial charge in [-0.2, -0.15) is 0 Å². The zero-order valence-corrected chi connectivity index (χ0v) is 15.6. The van der Waals surface area contributed by atoms with Gasteiger partial charge in [-0.05, 0) is 54.5 Å². The predicted molar refractivity (Wildman–Crippen MR) is 111 cm³/mol. The summed E-state index contributed by atoms with van der Waals surface area (Å²) in [5, 5.41) is 9.07. The number of anilines is 1. The van der Waals surface area contributed by atoms with Crippen LogP contribution >= 0.6 is 0 Å². The van der Waals surface area contributed by atoms with Gasteiger partial charge in [-0.25, -0.2) is 9.69 Å². The van der Waals surface area contributed by atoms with E-state index in [1.165, 1.54) is 17.0 Å². The fourth-order valence-electron chi connectivity index (χ4n) is 3.31. The Bertz CT molecular complexity index is 1160. The third-order valence-electron chi connectivity index (χ3n) is 4.85. The highest BCUT2D eigenvalue weighted by Gasteiger charge is 2.35. The molecule has 0 aliphatic carbocycles. The van der Waals surface area contributed by atoms with Gasteiger partial charge in [0, 0.05) is 11.1 Å². The van der Waals surface area contributed by atoms with Crippen LogP contribution in [0.5, 0.6) is 0 Å². The number of rotatable bonds is 3. The molecule has 5 heteroatoms. The Hall–Kier alpha value is -3.99. The summed E-state index contributed by atoms with van der Waals surface area (Å²) >= 11 is 0. The Balaban J connectivity index is 1.84. The van der Waals surface area contributed by atoms with E-state index in [-0.39, 0.29) is 11.5 Å². The van der Waals surface area contributed by atoms with Crippen molar-refractivity contribution in [1.82, 2.24) is 0 Å². The summed E-state index contributed by atoms with van der Waals surface area (Å²) in [4.78, 5) is 38.6. The molecule has 0 fully saturated rings. The second kappa shape index (κ2) is 7.20. The normalized spacial score (nSPS) is 14.8. The van der Waals surface area contributed by atoms with Crippen molar-refractivity contribution >= 4 is 35.1 Å². The second-order valence-corrected chi connectivity index (χ2v) is 6.81. The number of amides is 2. The van der Waals surface area contributed by atoms with E-state index in [2.05, 4.69) is 0 Å². The van der Waals surface area contributed by atoms with Crippen LogP contribution in [0.3, 0.4) is 0 Å². The molecule has 142 valence electrons. The van der Waals surface area contributed by atoms with Crippen LogP contribution in [0.25, 0.3) is 11.6 Å². The fourth-order valence-corrected chi connectivity index (χ4v) is 3.31. The summed E-state index contributed by atoms with van der Waals surface area (Å²) in [6, 6.07) is 20.4. The molecule has 4 rings (SSSR count). The molecule has 0 bridgehead atoms. The van der Waals surface area contributed by atoms with Gasteiger partial charge < -0.3 is 5.11 Å². The smallest absolute Gasteiger partial charge is 0.335 e. The summed E-state index contributed by atoms with van der Waals surface area (Å²) in [5.41, 5.74) is 3.76. The number of aromatic carboxylic acids is 1. The van der Waals surface area contributed by atoms with Crippen molar-refractivity contribution in [2.45, 2.75) is 6.92 Å². The van der Waals surface area contributed by atoms with Gasteiger partial charge in [-0.15, -0.1) is 0 Å². The molecule has 3 aromatic rings. The SMILES string of the molecule is Cc1ccc(N2C(=O)/C(=C\c3ccc(C(=O)O)cc3)c3ccccc3C2=O)cc1. The van der Waals surface area contributed by atoms with Crippen LogP contribution in [0.1, 0.15) is 37.4 Å². The van der Waals surface area contributed by atoms with Gasteiger partial charge in [-0.1, -0.05) is 48.0 Å². The Morgan fingerprint density at radius 1 is 0.828 bits per heavy atom. The van der Waals surface area contributed by atoms with E-state index < -0.39 is 11.9 Å². The molecule has 29 heavy (non-hydrogen) atoms. The van der Waals surface area contributed by atoms with E-state index in [9.17, 15) is 14.4 Å². The lowest BCUT2D eigenvalue weighted by Gasteiger charge is -2.28. The molecule has 0 aromatic heterocycles. The monoisotopic (exact) mass is 383 g/mol. The average molecular weight is 383 g/mol. The molecule has 0 unspecified atom stereocenters. The number of aryl methyl sites for hydroxylation is 1. The second-order valence-electron chi connectivity index (χ2n) is 6.81. The molecule has 0 atom stereocenters. The molecule has 0 radical (unpaired) electrons. The lowest BCUT2D eigenvalue weighted by molar-refractivity contribution is -0.112. The lowest BCUT2D eigenvalue weighted by atomic mass is 9.91. The van der Waals surface area contributed by atoms with Crippen molar-refractivity contribution in [2.75, 3.05) is 4.90 Å². The van der Waals surface area contributed by atoms with Crippen molar-refractivity contribution in [1.29, 1.82) is 0 Å². The molecule has 2 amide bonds. The maximum atomic E-state index is 13.3. The van der Waals surface area contributed by atoms with Crippen LogP contribution < -0.4 is 4.90 Å². The summed E-state index contributed by atoms with van der Waals surface area (Å²) < 4.78 is 0. The van der Waals surface area contributed by atoms with E-state index in [4.69, 9.17) is 5.11 Å². The first-order chi connectivity index (χ1) is 14.0. The zero-order chi connectivity index (χ0) is 20.5. The third kappa shape index (κ3) is 3.34. The number of carbonyl (C=O) groups excluding carboxylic acids is 2. The van der Waals surface area contributed by atoms with Crippen molar-refractivity contribution in [2.24, 2.45) is 0 Å². The predicted octanol–water partition coefficient (Wildman–Crippen LogP) is 4.42. The molecule has 5 nitrogen and oxygen atoms in total. The number of carboxylic acids is 1. The maximum absolute atomic E-state index is 13.3. The van der Waals surface area contributed by atoms with E-state index >= 15 is 0 Å². The molecule has 1 aliphatic heterocycles. The topological polar surface area (TPSA) is 74.7 Å². The standard InChI is InChI=1S/C24H17NO4/c1-15-6-12-18(13-7-15)25-22(26)20-5-3-2-4-19(20)21(23(25)27)14-16-8-10-17(11-9-16)24(28)29/h2-14H,1H3,(H,28,29)/b21-14-. The minimum atomic E-state index is -1.01. The molecular formula is C24H17NO4. The number of nitrogens with zero attached hydrogens (tertiary/aromatic N) is 1. The van der Waals surface area contributed by atoms with Crippen LogP contribution in [0.4, 0.5) is 5.69 Å². The Kier molecular flexibility index (Phi) is 4.56. The lowest BCUT2D eigenvalue weighted by Crippen LogP contribution is -2.41. The van der Waals surface area contributed by atoms with Crippen LogP contribution in [0.15, 0.2) is 72.8 Å². The first kappa shape index (κ1) is 18.4. The van der Waals surface area contributed by atoms with Gasteiger partial charge in [0.25, 0.3) is 11.8 Å². The molecule has 1 aliphatic rings. The van der Waals surface area contributed by atoms with E-state index in [1.807, 2.05) is 19.1 Å². The molecule has 1 heterocycles. The van der Waals surface area contributed by atoms with Crippen molar-refractivity contribution in [3.63, 3.8) is 0 Å². The molecule has 0 saturated carbocycles. The molecule has 1 N–H and O–H groups in total. The summed E-state index contributed by atoms with van der Waals surface area (Å²) in [6.45, 7) is 1.94. The number of carboxylic acid groups (broad SMARTS) is 1. The first-order valence-corrected chi connectivity index (χ1v) is 9.05. The van der Waals surface area contributed by atoms with Gasteiger partial charge >= 0.3 is 5.97 Å². The van der Waals surface area contributed by atoms with E-state index in [0.717, 1.165) is 5.56 Å². The van der Waals surface area contributed by atoms with Gasteiger partial charge in [0.05, 0.1) is 11.3 Å². The van der Waals surface area contributed by atoms with Crippen molar-refractivity contribution in [3.05, 3.63) is 101 Å². The highest BCUT2D eigenvalue weighted by molar-refractivity contribution is 6.43. The van der Waals surface area contributed by atoms with Gasteiger partial charge in [-0.3, -0.25) is 9.59 Å². The summed E-state index contributed by atoms with van der Waals surface area (Å²) in [6.07, 6.45) is 1.68. The first-order valence-electron chi connectivity index (χ1n) is 9.05. The Morgan fingerprint density at radius 2 is 1.45 bits per heavy atom. The number of imide groups is 1. The maximum Gasteiger partial charge on any atom is 0.335 e. The Morgan fingerprint density at radius 3 is 2.07 bits per heavy atom. The molecule has 0 saturated heterocycles. The van der Waals surface area contributed by atoms with Gasteiger partial charge in [0.15, 0.2) is 0 Å². The largest absolute Gasteiger partial charge is 0.478 e. The minimum absolute atomic E-state index is 0.166. The zero-order valence-electron chi connectivity index (χ0n) is 15.6. The van der Waals surface area contributed by atoms with Crippen molar-refractivity contribution < 1.29 is 19.5 Å². The molecule has 3 aromatic carbocycles. The van der Waals surface area contributed by atoms with Crippen LogP contribution in [0.2, 0.25) is 0 Å². The highest BCUT2D eigenvalue weighted by Crippen LogP contribution is 2.33. The van der Waals surface area contributed by atoms with Crippen LogP contribution in [-0.2, 0) is 4.79 Å². The third-order valence-corrected chi connectivity index (χ3v) is 4.85. The van der Waals surface area contributed by atoms with E-state index in [1.54, 1.807) is 54.6 Å². The van der Waals surface area contributed by atoms with Gasteiger partial charge in [0.1, 0.15) is 0 Å². The summed E-state index contributed by atoms with van der Waals surface area (Å²) in [5.74, 6) is -1.80. The fraction of sp³-hybridized carbons (Fsp3) is 0.0417. The number of hydrogen-bond acceptors (Lipinski definition) is 3. The average Bonchev–Trinajstić information content (AvgIpc) is 2.73. The number of fused-ring (bicyclic) bond motifs is 1. The number of hydrogen-bond donors (Lipinski definition) is 1. The number of carbonyl (C=O) groups is 3. The highest BCUT2D eigenvalue weighted by atomic mass is 16.4. The van der Waals surface area contributed by atoms with Crippen LogP contribution in [0, 0.1) is 6.92 Å². The van der Waals surface area contributed by atoms with Crippen molar-refractivity contribution in [3.8, 4) is 0 Å². The van der Waals surface area contributed by atoms with Crippen LogP contribution in [-0.4, -0.2) is 22.9 Å². The minimum Gasteiger partial charge on any atom is -0.478 e. The van der Waals surface area contributed by atoms with Gasteiger partial charge in [0.2, 0.25) is 0 Å². The number of benzene rings is 3.